The van der Waals surface area contributed by atoms with Crippen molar-refractivity contribution in [2.24, 2.45) is 0 Å². The maximum Gasteiger partial charge on any atom is 0.142 e. The second kappa shape index (κ2) is 6.48. The zero-order valence-corrected chi connectivity index (χ0v) is 12.3. The van der Waals surface area contributed by atoms with Gasteiger partial charge in [-0.3, -0.25) is 0 Å². The van der Waals surface area contributed by atoms with Crippen molar-refractivity contribution in [1.29, 1.82) is 0 Å². The quantitative estimate of drug-likeness (QED) is 0.868. The molecule has 0 saturated heterocycles. The first kappa shape index (κ1) is 13.7. The summed E-state index contributed by atoms with van der Waals surface area (Å²) in [6.45, 7) is 3.12. The Kier molecular flexibility index (Phi) is 4.68. The van der Waals surface area contributed by atoms with Gasteiger partial charge in [0.1, 0.15) is 11.5 Å². The molecule has 0 heterocycles. The fourth-order valence-electron chi connectivity index (χ4n) is 1.78. The Labute approximate surface area is 121 Å². The molecule has 2 aromatic rings. The average Bonchev–Trinajstić information content (AvgIpc) is 2.42. The summed E-state index contributed by atoms with van der Waals surface area (Å²) >= 11 is 3.40. The van der Waals surface area contributed by atoms with E-state index in [0.29, 0.717) is 13.2 Å². The Morgan fingerprint density at radius 2 is 2.00 bits per heavy atom. The summed E-state index contributed by atoms with van der Waals surface area (Å²) in [5.74, 6) is 1.10. The van der Waals surface area contributed by atoms with Crippen LogP contribution >= 0.6 is 15.9 Å². The third-order valence-corrected chi connectivity index (χ3v) is 3.19. The van der Waals surface area contributed by atoms with Crippen LogP contribution in [-0.4, -0.2) is 11.7 Å². The minimum absolute atomic E-state index is 0.282. The smallest absolute Gasteiger partial charge is 0.142 e. The van der Waals surface area contributed by atoms with Gasteiger partial charge in [-0.1, -0.05) is 28.1 Å². The van der Waals surface area contributed by atoms with Gasteiger partial charge in [-0.2, -0.15) is 0 Å². The van der Waals surface area contributed by atoms with Gasteiger partial charge in [0.25, 0.3) is 0 Å². The van der Waals surface area contributed by atoms with Crippen LogP contribution in [-0.2, 0) is 6.54 Å². The van der Waals surface area contributed by atoms with Crippen molar-refractivity contribution in [2.45, 2.75) is 13.5 Å². The second-order valence-electron chi connectivity index (χ2n) is 4.06. The number of phenolic OH excluding ortho intramolecular Hbond substituents is 1. The molecule has 4 heteroatoms. The van der Waals surface area contributed by atoms with Crippen molar-refractivity contribution >= 4 is 21.6 Å². The van der Waals surface area contributed by atoms with Crippen LogP contribution in [0.4, 0.5) is 5.69 Å². The zero-order chi connectivity index (χ0) is 13.7. The Hall–Kier alpha value is -1.68. The number of benzene rings is 2. The molecule has 0 unspecified atom stereocenters. The van der Waals surface area contributed by atoms with E-state index in [0.717, 1.165) is 21.5 Å². The van der Waals surface area contributed by atoms with Crippen molar-refractivity contribution in [1.82, 2.24) is 0 Å². The van der Waals surface area contributed by atoms with Gasteiger partial charge < -0.3 is 15.2 Å². The number of nitrogens with one attached hydrogen (secondary N) is 1. The third kappa shape index (κ3) is 3.64. The van der Waals surface area contributed by atoms with E-state index in [1.165, 1.54) is 0 Å². The van der Waals surface area contributed by atoms with Crippen LogP contribution < -0.4 is 10.1 Å². The number of ether oxygens (including phenoxy) is 1. The molecule has 0 aromatic heterocycles. The van der Waals surface area contributed by atoms with Gasteiger partial charge in [0, 0.05) is 16.6 Å². The SMILES string of the molecule is CCOc1ccccc1NCc1cc(Br)ccc1O. The summed E-state index contributed by atoms with van der Waals surface area (Å²) in [5.41, 5.74) is 1.75. The fourth-order valence-corrected chi connectivity index (χ4v) is 2.19. The van der Waals surface area contributed by atoms with Gasteiger partial charge in [-0.05, 0) is 37.3 Å². The molecular weight excluding hydrogens is 306 g/mol. The molecule has 0 atom stereocenters. The van der Waals surface area contributed by atoms with Crippen molar-refractivity contribution in [3.8, 4) is 11.5 Å². The van der Waals surface area contributed by atoms with E-state index in [2.05, 4.69) is 21.2 Å². The van der Waals surface area contributed by atoms with E-state index in [1.807, 2.05) is 43.3 Å². The summed E-state index contributed by atoms with van der Waals surface area (Å²) in [6.07, 6.45) is 0. The molecule has 0 radical (unpaired) electrons. The summed E-state index contributed by atoms with van der Waals surface area (Å²) in [4.78, 5) is 0. The molecule has 0 aliphatic carbocycles. The Balaban J connectivity index is 2.12. The molecule has 19 heavy (non-hydrogen) atoms. The van der Waals surface area contributed by atoms with E-state index >= 15 is 0 Å². The molecule has 0 fully saturated rings. The van der Waals surface area contributed by atoms with Crippen LogP contribution in [0.15, 0.2) is 46.9 Å². The highest BCUT2D eigenvalue weighted by Gasteiger charge is 2.05. The lowest BCUT2D eigenvalue weighted by Crippen LogP contribution is -2.02. The number of anilines is 1. The minimum atomic E-state index is 0.282. The first-order chi connectivity index (χ1) is 9.20. The number of phenols is 1. The largest absolute Gasteiger partial charge is 0.508 e. The normalized spacial score (nSPS) is 10.2. The van der Waals surface area contributed by atoms with Gasteiger partial charge in [-0.25, -0.2) is 0 Å². The average molecular weight is 322 g/mol. The molecule has 2 aromatic carbocycles. The monoisotopic (exact) mass is 321 g/mol. The van der Waals surface area contributed by atoms with Crippen molar-refractivity contribution in [3.63, 3.8) is 0 Å². The van der Waals surface area contributed by atoms with Crippen LogP contribution in [0, 0.1) is 0 Å². The van der Waals surface area contributed by atoms with Crippen molar-refractivity contribution < 1.29 is 9.84 Å². The van der Waals surface area contributed by atoms with E-state index in [4.69, 9.17) is 4.74 Å². The number of rotatable bonds is 5. The van der Waals surface area contributed by atoms with E-state index in [1.54, 1.807) is 6.07 Å². The third-order valence-electron chi connectivity index (χ3n) is 2.70. The van der Waals surface area contributed by atoms with Crippen molar-refractivity contribution in [2.75, 3.05) is 11.9 Å². The maximum absolute atomic E-state index is 9.79. The molecule has 100 valence electrons. The van der Waals surface area contributed by atoms with Gasteiger partial charge in [0.05, 0.1) is 12.3 Å². The van der Waals surface area contributed by atoms with E-state index < -0.39 is 0 Å². The van der Waals surface area contributed by atoms with Crippen LogP contribution in [0.1, 0.15) is 12.5 Å². The lowest BCUT2D eigenvalue weighted by molar-refractivity contribution is 0.341. The molecule has 0 spiro atoms. The number of aromatic hydroxyl groups is 1. The highest BCUT2D eigenvalue weighted by molar-refractivity contribution is 9.10. The van der Waals surface area contributed by atoms with Crippen LogP contribution in [0.3, 0.4) is 0 Å². The predicted molar refractivity (Wildman–Crippen MR) is 80.7 cm³/mol. The minimum Gasteiger partial charge on any atom is -0.508 e. The lowest BCUT2D eigenvalue weighted by Gasteiger charge is -2.13. The van der Waals surface area contributed by atoms with E-state index in [-0.39, 0.29) is 5.75 Å². The highest BCUT2D eigenvalue weighted by Crippen LogP contribution is 2.27. The summed E-state index contributed by atoms with van der Waals surface area (Å²) in [7, 11) is 0. The first-order valence-electron chi connectivity index (χ1n) is 6.13. The number of para-hydroxylation sites is 2. The summed E-state index contributed by atoms with van der Waals surface area (Å²) < 4.78 is 6.49. The number of hydrogen-bond donors (Lipinski definition) is 2. The molecule has 2 N–H and O–H groups in total. The molecule has 0 aliphatic rings. The predicted octanol–water partition coefficient (Wildman–Crippen LogP) is 4.17. The summed E-state index contributed by atoms with van der Waals surface area (Å²) in [6, 6.07) is 13.2. The number of hydrogen-bond acceptors (Lipinski definition) is 3. The molecule has 0 saturated carbocycles. The standard InChI is InChI=1S/C15H16BrNO2/c1-2-19-15-6-4-3-5-13(15)17-10-11-9-12(16)7-8-14(11)18/h3-9,17-18H,2,10H2,1H3. The van der Waals surface area contributed by atoms with Gasteiger partial charge in [0.2, 0.25) is 0 Å². The molecule has 3 nitrogen and oxygen atoms in total. The molecule has 0 amide bonds. The second-order valence-corrected chi connectivity index (χ2v) is 4.97. The lowest BCUT2D eigenvalue weighted by atomic mass is 10.2. The topological polar surface area (TPSA) is 41.5 Å². The van der Waals surface area contributed by atoms with Crippen LogP contribution in [0.25, 0.3) is 0 Å². The maximum atomic E-state index is 9.79. The fraction of sp³-hybridized carbons (Fsp3) is 0.200. The van der Waals surface area contributed by atoms with E-state index in [9.17, 15) is 5.11 Å². The Bertz CT molecular complexity index is 558. The first-order valence-corrected chi connectivity index (χ1v) is 6.93. The number of halogens is 1. The highest BCUT2D eigenvalue weighted by atomic mass is 79.9. The van der Waals surface area contributed by atoms with Gasteiger partial charge >= 0.3 is 0 Å². The van der Waals surface area contributed by atoms with Crippen molar-refractivity contribution in [3.05, 3.63) is 52.5 Å². The summed E-state index contributed by atoms with van der Waals surface area (Å²) in [5, 5.41) is 13.1. The molecular formula is C15H16BrNO2. The molecule has 2 rings (SSSR count). The molecule has 0 aliphatic heterocycles. The Morgan fingerprint density at radius 3 is 2.79 bits per heavy atom. The van der Waals surface area contributed by atoms with Gasteiger partial charge in [-0.15, -0.1) is 0 Å². The molecule has 0 bridgehead atoms. The van der Waals surface area contributed by atoms with Crippen LogP contribution in [0.5, 0.6) is 11.5 Å². The van der Waals surface area contributed by atoms with Gasteiger partial charge in [0.15, 0.2) is 0 Å². The Morgan fingerprint density at radius 1 is 1.21 bits per heavy atom. The zero-order valence-electron chi connectivity index (χ0n) is 10.7. The van der Waals surface area contributed by atoms with Crippen LogP contribution in [0.2, 0.25) is 0 Å².